The summed E-state index contributed by atoms with van der Waals surface area (Å²) in [7, 11) is 1.55. The summed E-state index contributed by atoms with van der Waals surface area (Å²) in [6.45, 7) is 6.92. The van der Waals surface area contributed by atoms with Crippen LogP contribution in [-0.4, -0.2) is 22.0 Å². The molecule has 4 rings (SSSR count). The molecule has 2 N–H and O–H groups in total. The first-order valence-corrected chi connectivity index (χ1v) is 12.0. The number of nitrogens with two attached hydrogens (primary N) is 1. The molecular formula is C22H26N4O3S2. The van der Waals surface area contributed by atoms with Gasteiger partial charge in [0.05, 0.1) is 17.4 Å². The number of aromatic nitrogens is 2. The Morgan fingerprint density at radius 2 is 2.13 bits per heavy atom. The smallest absolute Gasteiger partial charge is 0.270 e. The standard InChI is InChI=1S/C22H26N4O3S2/c1-22(2,3)13-5-7-15-17(10-13)31-20-18(15)19(23)24-21(25-20)30-11-12-9-14(26(27)28)6-8-16(12)29-4/h6,8-9,13H,5,7,10-11H2,1-4H3,(H2,23,24,25). The number of nitro benzene ring substituents is 1. The van der Waals surface area contributed by atoms with Crippen molar-refractivity contribution < 1.29 is 9.66 Å². The Bertz CT molecular complexity index is 1150. The fourth-order valence-corrected chi connectivity index (χ4v) is 6.32. The van der Waals surface area contributed by atoms with Gasteiger partial charge in [-0.2, -0.15) is 0 Å². The summed E-state index contributed by atoms with van der Waals surface area (Å²) < 4.78 is 5.36. The number of fused-ring (bicyclic) bond motifs is 3. The highest BCUT2D eigenvalue weighted by molar-refractivity contribution is 7.98. The maximum absolute atomic E-state index is 11.1. The second-order valence-electron chi connectivity index (χ2n) is 8.92. The number of nitrogen functional groups attached to an aromatic ring is 1. The van der Waals surface area contributed by atoms with E-state index in [1.165, 1.54) is 34.3 Å². The van der Waals surface area contributed by atoms with Crippen molar-refractivity contribution in [2.24, 2.45) is 11.3 Å². The Balaban J connectivity index is 1.61. The summed E-state index contributed by atoms with van der Waals surface area (Å²) in [6.07, 6.45) is 3.24. The molecule has 0 spiro atoms. The number of hydrogen-bond acceptors (Lipinski definition) is 8. The molecule has 0 amide bonds. The number of rotatable bonds is 5. The van der Waals surface area contributed by atoms with E-state index in [1.54, 1.807) is 24.5 Å². The van der Waals surface area contributed by atoms with Crippen LogP contribution in [0.5, 0.6) is 5.75 Å². The van der Waals surface area contributed by atoms with Gasteiger partial charge < -0.3 is 10.5 Å². The normalized spacial score (nSPS) is 16.3. The number of thioether (sulfide) groups is 1. The molecule has 1 unspecified atom stereocenters. The van der Waals surface area contributed by atoms with Gasteiger partial charge in [0.2, 0.25) is 0 Å². The number of nitrogens with zero attached hydrogens (tertiary/aromatic N) is 3. The number of ether oxygens (including phenoxy) is 1. The SMILES string of the molecule is COc1ccc([N+](=O)[O-])cc1CSc1nc(N)c2c3c(sc2n1)CC(C(C)(C)C)CC3. The number of non-ortho nitro benzene ring substituents is 1. The Labute approximate surface area is 189 Å². The zero-order valence-electron chi connectivity index (χ0n) is 18.1. The van der Waals surface area contributed by atoms with Crippen molar-refractivity contribution in [1.82, 2.24) is 9.97 Å². The number of anilines is 1. The van der Waals surface area contributed by atoms with Gasteiger partial charge in [0, 0.05) is 28.3 Å². The Morgan fingerprint density at radius 3 is 2.81 bits per heavy atom. The highest BCUT2D eigenvalue weighted by Crippen LogP contribution is 2.44. The molecule has 0 bridgehead atoms. The van der Waals surface area contributed by atoms with Gasteiger partial charge in [0.1, 0.15) is 16.4 Å². The zero-order valence-corrected chi connectivity index (χ0v) is 19.7. The van der Waals surface area contributed by atoms with E-state index in [2.05, 4.69) is 25.8 Å². The van der Waals surface area contributed by atoms with Crippen LogP contribution in [0.2, 0.25) is 0 Å². The van der Waals surface area contributed by atoms with Crippen molar-refractivity contribution in [2.75, 3.05) is 12.8 Å². The first-order chi connectivity index (χ1) is 14.7. The molecule has 0 fully saturated rings. The van der Waals surface area contributed by atoms with E-state index in [-0.39, 0.29) is 11.1 Å². The van der Waals surface area contributed by atoms with Crippen molar-refractivity contribution in [3.8, 4) is 5.75 Å². The van der Waals surface area contributed by atoms with E-state index in [4.69, 9.17) is 15.5 Å². The van der Waals surface area contributed by atoms with E-state index in [0.717, 1.165) is 35.0 Å². The molecule has 2 heterocycles. The van der Waals surface area contributed by atoms with E-state index in [0.29, 0.717) is 28.4 Å². The van der Waals surface area contributed by atoms with E-state index in [9.17, 15) is 10.1 Å². The average molecular weight is 459 g/mol. The molecule has 0 saturated heterocycles. The minimum absolute atomic E-state index is 0.0339. The van der Waals surface area contributed by atoms with Crippen LogP contribution in [0.4, 0.5) is 11.5 Å². The van der Waals surface area contributed by atoms with Gasteiger partial charge in [-0.1, -0.05) is 32.5 Å². The monoisotopic (exact) mass is 458 g/mol. The Kier molecular flexibility index (Phi) is 5.83. The molecule has 1 aliphatic carbocycles. The van der Waals surface area contributed by atoms with Crippen LogP contribution in [0.15, 0.2) is 23.4 Å². The van der Waals surface area contributed by atoms with Crippen LogP contribution in [-0.2, 0) is 18.6 Å². The molecule has 7 nitrogen and oxygen atoms in total. The third-order valence-electron chi connectivity index (χ3n) is 5.97. The second-order valence-corrected chi connectivity index (χ2v) is 10.9. The number of methoxy groups -OCH3 is 1. The number of aryl methyl sites for hydroxylation is 1. The average Bonchev–Trinajstić information content (AvgIpc) is 3.09. The molecule has 0 saturated carbocycles. The predicted molar refractivity (Wildman–Crippen MR) is 126 cm³/mol. The largest absolute Gasteiger partial charge is 0.496 e. The fraction of sp³-hybridized carbons (Fsp3) is 0.455. The number of benzene rings is 1. The lowest BCUT2D eigenvalue weighted by Gasteiger charge is -2.33. The quantitative estimate of drug-likeness (QED) is 0.228. The summed E-state index contributed by atoms with van der Waals surface area (Å²) in [5, 5.41) is 12.7. The van der Waals surface area contributed by atoms with Crippen LogP contribution in [0.1, 0.15) is 43.2 Å². The van der Waals surface area contributed by atoms with Gasteiger partial charge in [0.15, 0.2) is 5.16 Å². The van der Waals surface area contributed by atoms with Gasteiger partial charge in [-0.15, -0.1) is 11.3 Å². The molecule has 2 aromatic heterocycles. The van der Waals surface area contributed by atoms with Crippen LogP contribution in [0.3, 0.4) is 0 Å². The maximum Gasteiger partial charge on any atom is 0.270 e. The minimum Gasteiger partial charge on any atom is -0.496 e. The molecule has 164 valence electrons. The maximum atomic E-state index is 11.1. The number of thiophene rings is 1. The number of nitro groups is 1. The van der Waals surface area contributed by atoms with Gasteiger partial charge in [-0.05, 0) is 42.2 Å². The lowest BCUT2D eigenvalue weighted by Crippen LogP contribution is -2.26. The minimum atomic E-state index is -0.408. The third-order valence-corrected chi connectivity index (χ3v) is 8.02. The van der Waals surface area contributed by atoms with Crippen LogP contribution in [0.25, 0.3) is 10.2 Å². The second kappa shape index (κ2) is 8.27. The molecule has 31 heavy (non-hydrogen) atoms. The van der Waals surface area contributed by atoms with Gasteiger partial charge in [-0.25, -0.2) is 9.97 Å². The van der Waals surface area contributed by atoms with Crippen molar-refractivity contribution in [1.29, 1.82) is 0 Å². The fourth-order valence-electron chi connectivity index (χ4n) is 4.12. The van der Waals surface area contributed by atoms with E-state index < -0.39 is 4.92 Å². The molecular weight excluding hydrogens is 432 g/mol. The molecule has 0 radical (unpaired) electrons. The topological polar surface area (TPSA) is 104 Å². The summed E-state index contributed by atoms with van der Waals surface area (Å²) >= 11 is 3.13. The third kappa shape index (κ3) is 4.34. The lowest BCUT2D eigenvalue weighted by atomic mass is 9.72. The van der Waals surface area contributed by atoms with Crippen molar-refractivity contribution >= 4 is 44.8 Å². The van der Waals surface area contributed by atoms with Crippen molar-refractivity contribution in [3.05, 3.63) is 44.3 Å². The Hall–Kier alpha value is -2.39. The molecule has 1 atom stereocenters. The summed E-state index contributed by atoms with van der Waals surface area (Å²) in [5.41, 5.74) is 8.72. The van der Waals surface area contributed by atoms with E-state index >= 15 is 0 Å². The van der Waals surface area contributed by atoms with Crippen molar-refractivity contribution in [2.45, 2.75) is 50.9 Å². The van der Waals surface area contributed by atoms with Gasteiger partial charge in [0.25, 0.3) is 5.69 Å². The van der Waals surface area contributed by atoms with Crippen LogP contribution < -0.4 is 10.5 Å². The highest BCUT2D eigenvalue weighted by Gasteiger charge is 2.31. The first-order valence-electron chi connectivity index (χ1n) is 10.2. The summed E-state index contributed by atoms with van der Waals surface area (Å²) in [6, 6.07) is 4.59. The summed E-state index contributed by atoms with van der Waals surface area (Å²) in [5.74, 6) is 2.22. The highest BCUT2D eigenvalue weighted by atomic mass is 32.2. The first kappa shape index (κ1) is 21.8. The van der Waals surface area contributed by atoms with Gasteiger partial charge >= 0.3 is 0 Å². The molecule has 1 aliphatic rings. The zero-order chi connectivity index (χ0) is 22.3. The van der Waals surface area contributed by atoms with E-state index in [1.807, 2.05) is 0 Å². The summed E-state index contributed by atoms with van der Waals surface area (Å²) in [4.78, 5) is 22.3. The predicted octanol–water partition coefficient (Wildman–Crippen LogP) is 5.63. The molecule has 1 aromatic carbocycles. The lowest BCUT2D eigenvalue weighted by molar-refractivity contribution is -0.384. The molecule has 0 aliphatic heterocycles. The number of hydrogen-bond donors (Lipinski definition) is 1. The van der Waals surface area contributed by atoms with Crippen LogP contribution in [0, 0.1) is 21.4 Å². The molecule has 9 heteroatoms. The van der Waals surface area contributed by atoms with Crippen LogP contribution >= 0.6 is 23.1 Å². The Morgan fingerprint density at radius 1 is 1.35 bits per heavy atom. The van der Waals surface area contributed by atoms with Crippen molar-refractivity contribution in [3.63, 3.8) is 0 Å². The molecule has 3 aromatic rings. The van der Waals surface area contributed by atoms with Gasteiger partial charge in [-0.3, -0.25) is 10.1 Å².